The van der Waals surface area contributed by atoms with Gasteiger partial charge in [-0.2, -0.15) is 20.4 Å². The zero-order chi connectivity index (χ0) is 25.6. The van der Waals surface area contributed by atoms with Gasteiger partial charge in [-0.15, -0.1) is 0 Å². The van der Waals surface area contributed by atoms with E-state index in [0.29, 0.717) is 18.1 Å². The lowest BCUT2D eigenvalue weighted by Gasteiger charge is -2.38. The Hall–Kier alpha value is -2.64. The van der Waals surface area contributed by atoms with Crippen LogP contribution in [-0.4, -0.2) is 69.3 Å². The third-order valence-electron chi connectivity index (χ3n) is 5.70. The number of nitrogens with zero attached hydrogens (tertiary/aromatic N) is 2. The second-order valence-electron chi connectivity index (χ2n) is 8.04. The molecule has 0 spiro atoms. The van der Waals surface area contributed by atoms with Crippen molar-refractivity contribution >= 4 is 37.7 Å². The van der Waals surface area contributed by atoms with Gasteiger partial charge in [-0.1, -0.05) is 36.4 Å². The van der Waals surface area contributed by atoms with E-state index < -0.39 is 32.0 Å². The van der Waals surface area contributed by atoms with E-state index in [2.05, 4.69) is 5.32 Å². The zero-order valence-electron chi connectivity index (χ0n) is 19.4. The Labute approximate surface area is 215 Å². The number of hydrogen-bond donors (Lipinski definition) is 1. The van der Waals surface area contributed by atoms with Crippen LogP contribution in [-0.2, 0) is 30.6 Å². The summed E-state index contributed by atoms with van der Waals surface area (Å²) in [6.07, 6.45) is 1.59. The zero-order valence-corrected chi connectivity index (χ0v) is 21.8. The molecule has 1 saturated heterocycles. The highest BCUT2D eigenvalue weighted by molar-refractivity contribution is 7.98. The molecule has 12 heteroatoms. The quantitative estimate of drug-likeness (QED) is 0.386. The molecule has 0 saturated carbocycles. The predicted octanol–water partition coefficient (Wildman–Crippen LogP) is 2.39. The van der Waals surface area contributed by atoms with Crippen molar-refractivity contribution in [2.24, 2.45) is 0 Å². The molecule has 1 atom stereocenters. The van der Waals surface area contributed by atoms with E-state index in [-0.39, 0.29) is 29.4 Å². The fraction of sp³-hybridized carbons (Fsp3) is 0.292. The molecule has 1 aromatic heterocycles. The third kappa shape index (κ3) is 6.01. The topological polar surface area (TPSA) is 117 Å². The summed E-state index contributed by atoms with van der Waals surface area (Å²) in [5.41, 5.74) is 0. The van der Waals surface area contributed by atoms with E-state index in [1.807, 2.05) is 6.07 Å². The lowest BCUT2D eigenvalue weighted by Crippen LogP contribution is -2.61. The highest BCUT2D eigenvalue weighted by atomic mass is 32.2. The number of carbonyl (C=O) groups is 1. The van der Waals surface area contributed by atoms with Gasteiger partial charge in [-0.05, 0) is 36.4 Å². The molecule has 3 aromatic rings. The van der Waals surface area contributed by atoms with Gasteiger partial charge >= 0.3 is 0 Å². The minimum Gasteiger partial charge on any atom is -0.468 e. The number of sulfonamides is 2. The number of furan rings is 1. The number of nitrogens with one attached hydrogen (secondary N) is 1. The molecule has 2 heterocycles. The first kappa shape index (κ1) is 26.4. The summed E-state index contributed by atoms with van der Waals surface area (Å²) in [4.78, 5) is 13.4. The van der Waals surface area contributed by atoms with Crippen LogP contribution in [0.2, 0.25) is 0 Å². The van der Waals surface area contributed by atoms with Crippen molar-refractivity contribution in [2.75, 3.05) is 31.9 Å². The van der Waals surface area contributed by atoms with Gasteiger partial charge in [0.2, 0.25) is 26.0 Å². The summed E-state index contributed by atoms with van der Waals surface area (Å²) in [6.45, 7) is -0.194. The molecule has 1 aliphatic rings. The van der Waals surface area contributed by atoms with Gasteiger partial charge in [0.1, 0.15) is 11.8 Å². The molecule has 0 aliphatic carbocycles. The molecule has 4 rings (SSSR count). The van der Waals surface area contributed by atoms with Crippen LogP contribution in [0.4, 0.5) is 0 Å². The van der Waals surface area contributed by atoms with E-state index >= 15 is 0 Å². The van der Waals surface area contributed by atoms with Crippen molar-refractivity contribution in [1.29, 1.82) is 0 Å². The average Bonchev–Trinajstić information content (AvgIpc) is 3.42. The van der Waals surface area contributed by atoms with E-state index in [1.54, 1.807) is 60.5 Å². The molecule has 0 unspecified atom stereocenters. The molecular weight excluding hydrogens is 522 g/mol. The number of benzene rings is 2. The molecule has 9 nitrogen and oxygen atoms in total. The second kappa shape index (κ2) is 11.6. The molecule has 0 radical (unpaired) electrons. The molecule has 1 N–H and O–H groups in total. The Balaban J connectivity index is 1.50. The summed E-state index contributed by atoms with van der Waals surface area (Å²) < 4.78 is 60.8. The fourth-order valence-electron chi connectivity index (χ4n) is 3.86. The molecule has 2 aromatic carbocycles. The number of thioether (sulfide) groups is 1. The van der Waals surface area contributed by atoms with E-state index in [4.69, 9.17) is 4.42 Å². The van der Waals surface area contributed by atoms with Crippen molar-refractivity contribution in [3.63, 3.8) is 0 Å². The van der Waals surface area contributed by atoms with Gasteiger partial charge < -0.3 is 9.73 Å². The third-order valence-corrected chi connectivity index (χ3v) is 10.5. The van der Waals surface area contributed by atoms with Crippen LogP contribution in [0.25, 0.3) is 0 Å². The van der Waals surface area contributed by atoms with Crippen molar-refractivity contribution in [2.45, 2.75) is 21.6 Å². The Morgan fingerprint density at radius 1 is 0.889 bits per heavy atom. The number of rotatable bonds is 10. The fourth-order valence-corrected chi connectivity index (χ4v) is 7.67. The van der Waals surface area contributed by atoms with E-state index in [1.165, 1.54) is 28.6 Å². The Morgan fingerprint density at radius 3 is 2.14 bits per heavy atom. The van der Waals surface area contributed by atoms with Crippen molar-refractivity contribution in [3.8, 4) is 0 Å². The van der Waals surface area contributed by atoms with Crippen LogP contribution in [0.3, 0.4) is 0 Å². The van der Waals surface area contributed by atoms with Crippen LogP contribution < -0.4 is 5.32 Å². The smallest absolute Gasteiger partial charge is 0.243 e. The second-order valence-corrected chi connectivity index (χ2v) is 13.0. The van der Waals surface area contributed by atoms with Crippen LogP contribution in [0, 0.1) is 0 Å². The van der Waals surface area contributed by atoms with Crippen LogP contribution in [0.15, 0.2) is 93.3 Å². The normalized spacial score (nSPS) is 17.6. The van der Waals surface area contributed by atoms with Crippen molar-refractivity contribution in [1.82, 2.24) is 13.9 Å². The first-order valence-electron chi connectivity index (χ1n) is 11.3. The van der Waals surface area contributed by atoms with Crippen LogP contribution >= 0.6 is 11.8 Å². The minimum absolute atomic E-state index is 0.0520. The molecule has 1 aliphatic heterocycles. The SMILES string of the molecule is O=C(NCCSCc1ccco1)[C@@H]1CN(S(=O)(=O)c2ccccc2)CCN1S(=O)(=O)c1ccccc1. The van der Waals surface area contributed by atoms with Gasteiger partial charge in [0.25, 0.3) is 0 Å². The molecular formula is C24H27N3O6S3. The maximum Gasteiger partial charge on any atom is 0.243 e. The summed E-state index contributed by atoms with van der Waals surface area (Å²) in [5.74, 6) is 1.50. The number of piperazine rings is 1. The largest absolute Gasteiger partial charge is 0.468 e. The Bertz CT molecular complexity index is 1350. The molecule has 0 bridgehead atoms. The summed E-state index contributed by atoms with van der Waals surface area (Å²) in [5, 5.41) is 2.78. The average molecular weight is 550 g/mol. The lowest BCUT2D eigenvalue weighted by molar-refractivity contribution is -0.125. The highest BCUT2D eigenvalue weighted by Gasteiger charge is 2.43. The van der Waals surface area contributed by atoms with Gasteiger partial charge in [0.15, 0.2) is 0 Å². The van der Waals surface area contributed by atoms with Crippen molar-refractivity contribution < 1.29 is 26.0 Å². The maximum atomic E-state index is 13.4. The lowest BCUT2D eigenvalue weighted by atomic mass is 10.2. The highest BCUT2D eigenvalue weighted by Crippen LogP contribution is 2.25. The number of amides is 1. The maximum absolute atomic E-state index is 13.4. The predicted molar refractivity (Wildman–Crippen MR) is 137 cm³/mol. The van der Waals surface area contributed by atoms with Gasteiger partial charge in [-0.3, -0.25) is 4.79 Å². The monoisotopic (exact) mass is 549 g/mol. The summed E-state index contributed by atoms with van der Waals surface area (Å²) >= 11 is 1.56. The molecule has 1 amide bonds. The number of carbonyl (C=O) groups excluding carboxylic acids is 1. The van der Waals surface area contributed by atoms with Crippen LogP contribution in [0.5, 0.6) is 0 Å². The van der Waals surface area contributed by atoms with E-state index in [9.17, 15) is 21.6 Å². The van der Waals surface area contributed by atoms with Gasteiger partial charge in [0.05, 0.1) is 21.8 Å². The summed E-state index contributed by atoms with van der Waals surface area (Å²) in [6, 6.07) is 18.2. The molecule has 192 valence electrons. The minimum atomic E-state index is -4.02. The molecule has 1 fully saturated rings. The number of hydrogen-bond acceptors (Lipinski definition) is 7. The van der Waals surface area contributed by atoms with Gasteiger partial charge in [-0.25, -0.2) is 16.8 Å². The van der Waals surface area contributed by atoms with E-state index in [0.717, 1.165) is 10.1 Å². The Morgan fingerprint density at radius 2 is 1.53 bits per heavy atom. The summed E-state index contributed by atoms with van der Waals surface area (Å²) in [7, 11) is -7.92. The van der Waals surface area contributed by atoms with Crippen LogP contribution in [0.1, 0.15) is 5.76 Å². The molecule has 36 heavy (non-hydrogen) atoms. The first-order valence-corrected chi connectivity index (χ1v) is 15.3. The van der Waals surface area contributed by atoms with Crippen molar-refractivity contribution in [3.05, 3.63) is 84.8 Å². The Kier molecular flexibility index (Phi) is 8.52. The standard InChI is InChI=1S/C24H27N3O6S3/c28-24(25-13-17-34-19-20-8-7-16-33-20)23-18-26(35(29,30)21-9-3-1-4-10-21)14-15-27(23)36(31,32)22-11-5-2-6-12-22/h1-12,16,23H,13-15,17-19H2,(H,25,28)/t23-/m0/s1. The van der Waals surface area contributed by atoms with Gasteiger partial charge in [0, 0.05) is 31.9 Å². The first-order chi connectivity index (χ1) is 17.3.